The zero-order valence-corrected chi connectivity index (χ0v) is 13.2. The predicted molar refractivity (Wildman–Crippen MR) is 83.9 cm³/mol. The Morgan fingerprint density at radius 3 is 2.38 bits per heavy atom. The normalized spacial score (nSPS) is 11.6. The lowest BCUT2D eigenvalue weighted by molar-refractivity contribution is 0.561. The minimum Gasteiger partial charge on any atom is -0.241 e. The number of halogens is 2. The summed E-state index contributed by atoms with van der Waals surface area (Å²) in [4.78, 5) is -0.463. The molecule has 0 unspecified atom stereocenters. The van der Waals surface area contributed by atoms with E-state index in [2.05, 4.69) is 9.82 Å². The van der Waals surface area contributed by atoms with Gasteiger partial charge in [-0.25, -0.2) is 26.6 Å². The molecule has 0 amide bonds. The van der Waals surface area contributed by atoms with Crippen LogP contribution in [-0.4, -0.2) is 18.2 Å². The third-order valence-electron chi connectivity index (χ3n) is 3.27. The van der Waals surface area contributed by atoms with Gasteiger partial charge in [-0.15, -0.1) is 0 Å². The van der Waals surface area contributed by atoms with E-state index in [0.717, 1.165) is 17.8 Å². The van der Waals surface area contributed by atoms with Crippen LogP contribution in [0, 0.1) is 11.6 Å². The lowest BCUT2D eigenvalue weighted by Gasteiger charge is -2.06. The smallest absolute Gasteiger partial charge is 0.241 e. The fourth-order valence-corrected chi connectivity index (χ4v) is 3.18. The van der Waals surface area contributed by atoms with Gasteiger partial charge in [0.15, 0.2) is 0 Å². The Labute approximate surface area is 137 Å². The topological polar surface area (TPSA) is 64.0 Å². The van der Waals surface area contributed by atoms with Crippen molar-refractivity contribution in [3.05, 3.63) is 78.1 Å². The van der Waals surface area contributed by atoms with E-state index in [-0.39, 0.29) is 6.54 Å². The molecule has 0 radical (unpaired) electrons. The van der Waals surface area contributed by atoms with E-state index in [1.54, 1.807) is 10.9 Å². The lowest BCUT2D eigenvalue weighted by atomic mass is 10.3. The molecule has 0 bridgehead atoms. The van der Waals surface area contributed by atoms with E-state index < -0.39 is 26.6 Å². The molecule has 8 heteroatoms. The first kappa shape index (κ1) is 16.3. The predicted octanol–water partition coefficient (Wildman–Crippen LogP) is 2.63. The SMILES string of the molecule is O=S(=O)(NCc1cnn(-c2ccccc2)c1)c1cc(F)cc(F)c1. The molecule has 3 rings (SSSR count). The molecule has 0 saturated carbocycles. The minimum absolute atomic E-state index is 0.0483. The molecule has 0 atom stereocenters. The molecule has 0 aliphatic heterocycles. The fraction of sp³-hybridized carbons (Fsp3) is 0.0625. The summed E-state index contributed by atoms with van der Waals surface area (Å²) < 4.78 is 54.5. The molecule has 0 spiro atoms. The maximum atomic E-state index is 13.2. The van der Waals surface area contributed by atoms with Gasteiger partial charge in [-0.1, -0.05) is 18.2 Å². The van der Waals surface area contributed by atoms with Crippen molar-refractivity contribution in [2.75, 3.05) is 0 Å². The van der Waals surface area contributed by atoms with Crippen LogP contribution in [0.25, 0.3) is 5.69 Å². The number of rotatable bonds is 5. The molecule has 0 aliphatic rings. The Hall–Kier alpha value is -2.58. The monoisotopic (exact) mass is 349 g/mol. The van der Waals surface area contributed by atoms with Crippen molar-refractivity contribution < 1.29 is 17.2 Å². The molecule has 1 N–H and O–H groups in total. The molecule has 2 aromatic carbocycles. The second-order valence-corrected chi connectivity index (χ2v) is 6.83. The summed E-state index contributed by atoms with van der Waals surface area (Å²) in [6.45, 7) is -0.0483. The average molecular weight is 349 g/mol. The van der Waals surface area contributed by atoms with Gasteiger partial charge < -0.3 is 0 Å². The summed E-state index contributed by atoms with van der Waals surface area (Å²) >= 11 is 0. The third kappa shape index (κ3) is 3.66. The number of sulfonamides is 1. The van der Waals surface area contributed by atoms with Gasteiger partial charge in [-0.05, 0) is 24.3 Å². The Morgan fingerprint density at radius 2 is 1.71 bits per heavy atom. The number of nitrogens with zero attached hydrogens (tertiary/aromatic N) is 2. The fourth-order valence-electron chi connectivity index (χ4n) is 2.12. The summed E-state index contributed by atoms with van der Waals surface area (Å²) in [5, 5.41) is 4.15. The standard InChI is InChI=1S/C16H13F2N3O2S/c17-13-6-14(18)8-16(7-13)24(22,23)20-10-12-9-19-21(11-12)15-4-2-1-3-5-15/h1-9,11,20H,10H2. The first-order chi connectivity index (χ1) is 11.4. The zero-order chi connectivity index (χ0) is 17.2. The minimum atomic E-state index is -4.03. The zero-order valence-electron chi connectivity index (χ0n) is 12.4. The molecule has 124 valence electrons. The number of aromatic nitrogens is 2. The van der Waals surface area contributed by atoms with Crippen molar-refractivity contribution in [1.82, 2.24) is 14.5 Å². The second-order valence-electron chi connectivity index (χ2n) is 5.06. The number of para-hydroxylation sites is 1. The van der Waals surface area contributed by atoms with Crippen LogP contribution in [0.1, 0.15) is 5.56 Å². The molecule has 0 saturated heterocycles. The van der Waals surface area contributed by atoms with Gasteiger partial charge in [0.1, 0.15) is 11.6 Å². The van der Waals surface area contributed by atoms with Gasteiger partial charge >= 0.3 is 0 Å². The first-order valence-electron chi connectivity index (χ1n) is 6.99. The molecule has 0 aliphatic carbocycles. The Balaban J connectivity index is 1.75. The molecule has 1 heterocycles. The maximum absolute atomic E-state index is 13.2. The van der Waals surface area contributed by atoms with Crippen molar-refractivity contribution in [2.45, 2.75) is 11.4 Å². The second kappa shape index (κ2) is 6.50. The van der Waals surface area contributed by atoms with Crippen LogP contribution in [0.4, 0.5) is 8.78 Å². The summed E-state index contributed by atoms with van der Waals surface area (Å²) in [6, 6.07) is 11.4. The highest BCUT2D eigenvalue weighted by molar-refractivity contribution is 7.89. The van der Waals surface area contributed by atoms with Gasteiger partial charge in [0.2, 0.25) is 10.0 Å². The molecular weight excluding hydrogens is 336 g/mol. The van der Waals surface area contributed by atoms with Gasteiger partial charge in [0.25, 0.3) is 0 Å². The number of hydrogen-bond donors (Lipinski definition) is 1. The van der Waals surface area contributed by atoms with E-state index in [1.807, 2.05) is 30.3 Å². The lowest BCUT2D eigenvalue weighted by Crippen LogP contribution is -2.23. The van der Waals surface area contributed by atoms with Gasteiger partial charge in [0, 0.05) is 24.4 Å². The summed E-state index contributed by atoms with van der Waals surface area (Å²) in [7, 11) is -4.03. The Morgan fingerprint density at radius 1 is 1.04 bits per heavy atom. The van der Waals surface area contributed by atoms with Crippen molar-refractivity contribution >= 4 is 10.0 Å². The first-order valence-corrected chi connectivity index (χ1v) is 8.47. The largest absolute Gasteiger partial charge is 0.241 e. The average Bonchev–Trinajstić information content (AvgIpc) is 3.02. The van der Waals surface area contributed by atoms with Crippen LogP contribution in [0.3, 0.4) is 0 Å². The highest BCUT2D eigenvalue weighted by atomic mass is 32.2. The van der Waals surface area contributed by atoms with Crippen LogP contribution >= 0.6 is 0 Å². The summed E-state index contributed by atoms with van der Waals surface area (Å²) in [6.07, 6.45) is 3.19. The van der Waals surface area contributed by atoms with E-state index >= 15 is 0 Å². The van der Waals surface area contributed by atoms with E-state index in [4.69, 9.17) is 0 Å². The van der Waals surface area contributed by atoms with E-state index in [0.29, 0.717) is 11.6 Å². The van der Waals surface area contributed by atoms with Crippen LogP contribution in [0.5, 0.6) is 0 Å². The number of benzene rings is 2. The van der Waals surface area contributed by atoms with E-state index in [1.165, 1.54) is 6.20 Å². The molecule has 3 aromatic rings. The van der Waals surface area contributed by atoms with Crippen LogP contribution < -0.4 is 4.72 Å². The Kier molecular flexibility index (Phi) is 4.41. The molecule has 1 aromatic heterocycles. The van der Waals surface area contributed by atoms with Gasteiger partial charge in [-0.3, -0.25) is 0 Å². The summed E-state index contributed by atoms with van der Waals surface area (Å²) in [5.74, 6) is -1.90. The van der Waals surface area contributed by atoms with Crippen molar-refractivity contribution in [1.29, 1.82) is 0 Å². The van der Waals surface area contributed by atoms with Crippen molar-refractivity contribution in [3.63, 3.8) is 0 Å². The van der Waals surface area contributed by atoms with Crippen molar-refractivity contribution in [2.24, 2.45) is 0 Å². The maximum Gasteiger partial charge on any atom is 0.241 e. The molecule has 5 nitrogen and oxygen atoms in total. The van der Waals surface area contributed by atoms with Gasteiger partial charge in [-0.2, -0.15) is 5.10 Å². The highest BCUT2D eigenvalue weighted by Gasteiger charge is 2.16. The van der Waals surface area contributed by atoms with Crippen LogP contribution in [0.2, 0.25) is 0 Å². The van der Waals surface area contributed by atoms with E-state index in [9.17, 15) is 17.2 Å². The highest BCUT2D eigenvalue weighted by Crippen LogP contribution is 2.14. The summed E-state index contributed by atoms with van der Waals surface area (Å²) in [5.41, 5.74) is 1.44. The quantitative estimate of drug-likeness (QED) is 0.770. The molecule has 0 fully saturated rings. The molecular formula is C16H13F2N3O2S. The van der Waals surface area contributed by atoms with Crippen molar-refractivity contribution in [3.8, 4) is 5.69 Å². The Bertz CT molecular complexity index is 936. The van der Waals surface area contributed by atoms with Crippen LogP contribution in [0.15, 0.2) is 65.8 Å². The number of nitrogens with one attached hydrogen (secondary N) is 1. The molecule has 24 heavy (non-hydrogen) atoms. The van der Waals surface area contributed by atoms with Gasteiger partial charge in [0.05, 0.1) is 16.8 Å². The number of hydrogen-bond acceptors (Lipinski definition) is 3. The van der Waals surface area contributed by atoms with Crippen LogP contribution in [-0.2, 0) is 16.6 Å². The third-order valence-corrected chi connectivity index (χ3v) is 4.65.